The molecule has 5 nitrogen and oxygen atoms in total. The third kappa shape index (κ3) is 3.32. The van der Waals surface area contributed by atoms with Gasteiger partial charge in [0.1, 0.15) is 6.04 Å². The number of hydrogen-bond donors (Lipinski definition) is 2. The minimum atomic E-state index is -0.973. The van der Waals surface area contributed by atoms with E-state index in [4.69, 9.17) is 0 Å². The number of amides is 2. The van der Waals surface area contributed by atoms with Crippen molar-refractivity contribution in [3.8, 4) is 0 Å². The summed E-state index contributed by atoms with van der Waals surface area (Å²) in [5.74, 6) is -0.158. The topological polar surface area (TPSA) is 69.6 Å². The number of carboxylic acids is 1. The summed E-state index contributed by atoms with van der Waals surface area (Å²) in [6.07, 6.45) is 3.16. The second-order valence-electron chi connectivity index (χ2n) is 5.07. The van der Waals surface area contributed by atoms with Crippen molar-refractivity contribution in [1.29, 1.82) is 0 Å². The van der Waals surface area contributed by atoms with Gasteiger partial charge in [0.05, 0.1) is 0 Å². The molecular weight excluding hydrogens is 288 g/mol. The van der Waals surface area contributed by atoms with E-state index in [0.717, 1.165) is 17.7 Å². The summed E-state index contributed by atoms with van der Waals surface area (Å²) >= 11 is 1.66. The third-order valence-electron chi connectivity index (χ3n) is 3.67. The number of para-hydroxylation sites is 1. The number of fused-ring (bicyclic) bond motifs is 1. The molecule has 2 N–H and O–H groups in total. The molecule has 0 bridgehead atoms. The van der Waals surface area contributed by atoms with Gasteiger partial charge in [0.2, 0.25) is 0 Å². The van der Waals surface area contributed by atoms with Gasteiger partial charge in [-0.2, -0.15) is 11.8 Å². The normalized spacial score (nSPS) is 18.2. The maximum atomic E-state index is 12.5. The van der Waals surface area contributed by atoms with Gasteiger partial charge >= 0.3 is 12.0 Å². The average molecular weight is 308 g/mol. The van der Waals surface area contributed by atoms with Crippen LogP contribution < -0.4 is 10.2 Å². The van der Waals surface area contributed by atoms with Crippen LogP contribution in [0.2, 0.25) is 0 Å². The SMILES string of the molecule is CCC(CSC)NC(=O)N1c2ccccc2C[C@H]1C(=O)O. The summed E-state index contributed by atoms with van der Waals surface area (Å²) in [7, 11) is 0. The maximum Gasteiger partial charge on any atom is 0.327 e. The van der Waals surface area contributed by atoms with Gasteiger partial charge in [-0.1, -0.05) is 25.1 Å². The number of hydrogen-bond acceptors (Lipinski definition) is 3. The molecule has 1 aromatic rings. The predicted octanol–water partition coefficient (Wildman–Crippen LogP) is 2.35. The van der Waals surface area contributed by atoms with Gasteiger partial charge < -0.3 is 10.4 Å². The molecule has 2 amide bonds. The van der Waals surface area contributed by atoms with Crippen molar-refractivity contribution in [1.82, 2.24) is 5.32 Å². The quantitative estimate of drug-likeness (QED) is 0.876. The van der Waals surface area contributed by atoms with Crippen LogP contribution in [0.25, 0.3) is 0 Å². The summed E-state index contributed by atoms with van der Waals surface area (Å²) < 4.78 is 0. The number of thioether (sulfide) groups is 1. The summed E-state index contributed by atoms with van der Waals surface area (Å²) in [5.41, 5.74) is 1.60. The van der Waals surface area contributed by atoms with Crippen LogP contribution in [0, 0.1) is 0 Å². The predicted molar refractivity (Wildman–Crippen MR) is 85.0 cm³/mol. The first-order valence-corrected chi connectivity index (χ1v) is 8.37. The van der Waals surface area contributed by atoms with E-state index in [1.165, 1.54) is 4.90 Å². The fourth-order valence-corrected chi connectivity index (χ4v) is 3.26. The van der Waals surface area contributed by atoms with Crippen LogP contribution in [0.15, 0.2) is 24.3 Å². The molecule has 0 radical (unpaired) electrons. The number of nitrogens with one attached hydrogen (secondary N) is 1. The molecule has 21 heavy (non-hydrogen) atoms. The number of nitrogens with zero attached hydrogens (tertiary/aromatic N) is 1. The molecule has 0 fully saturated rings. The highest BCUT2D eigenvalue weighted by atomic mass is 32.2. The van der Waals surface area contributed by atoms with Crippen molar-refractivity contribution in [2.24, 2.45) is 0 Å². The fraction of sp³-hybridized carbons (Fsp3) is 0.467. The summed E-state index contributed by atoms with van der Waals surface area (Å²) in [6.45, 7) is 2.01. The summed E-state index contributed by atoms with van der Waals surface area (Å²) in [6, 6.07) is 6.26. The zero-order valence-corrected chi connectivity index (χ0v) is 13.0. The van der Waals surface area contributed by atoms with Crippen LogP contribution in [0.4, 0.5) is 10.5 Å². The fourth-order valence-electron chi connectivity index (χ4n) is 2.54. The van der Waals surface area contributed by atoms with Gasteiger partial charge in [0, 0.05) is 23.9 Å². The van der Waals surface area contributed by atoms with Crippen molar-refractivity contribution >= 4 is 29.4 Å². The molecule has 1 aromatic carbocycles. The lowest BCUT2D eigenvalue weighted by Gasteiger charge is -2.26. The Hall–Kier alpha value is -1.69. The van der Waals surface area contributed by atoms with Crippen molar-refractivity contribution in [2.45, 2.75) is 31.8 Å². The molecular formula is C15H20N2O3S. The van der Waals surface area contributed by atoms with Crippen LogP contribution in [-0.2, 0) is 11.2 Å². The van der Waals surface area contributed by atoms with Gasteiger partial charge in [-0.05, 0) is 24.3 Å². The molecule has 1 aliphatic heterocycles. The van der Waals surface area contributed by atoms with Crippen LogP contribution in [0.5, 0.6) is 0 Å². The number of benzene rings is 1. The average Bonchev–Trinajstić information content (AvgIpc) is 2.86. The Kier molecular flexibility index (Phi) is 5.12. The number of rotatable bonds is 5. The number of carbonyl (C=O) groups excluding carboxylic acids is 1. The Morgan fingerprint density at radius 1 is 1.48 bits per heavy atom. The molecule has 1 unspecified atom stereocenters. The van der Waals surface area contributed by atoms with Crippen LogP contribution in [0.3, 0.4) is 0 Å². The van der Waals surface area contributed by atoms with Crippen molar-refractivity contribution in [3.63, 3.8) is 0 Å². The first-order valence-electron chi connectivity index (χ1n) is 6.97. The monoisotopic (exact) mass is 308 g/mol. The van der Waals surface area contributed by atoms with Crippen LogP contribution in [0.1, 0.15) is 18.9 Å². The summed E-state index contributed by atoms with van der Waals surface area (Å²) in [4.78, 5) is 25.3. The first kappa shape index (κ1) is 15.7. The van der Waals surface area contributed by atoms with E-state index in [1.807, 2.05) is 31.4 Å². The first-order chi connectivity index (χ1) is 10.1. The molecule has 0 saturated carbocycles. The number of aliphatic carboxylic acids is 1. The van der Waals surface area contributed by atoms with Gasteiger partial charge in [0.25, 0.3) is 0 Å². The Balaban J connectivity index is 2.22. The molecule has 0 aliphatic carbocycles. The minimum absolute atomic E-state index is 0.0507. The van der Waals surface area contributed by atoms with Crippen LogP contribution >= 0.6 is 11.8 Å². The second-order valence-corrected chi connectivity index (χ2v) is 5.98. The lowest BCUT2D eigenvalue weighted by molar-refractivity contribution is -0.138. The molecule has 0 spiro atoms. The number of carboxylic acid groups (broad SMARTS) is 1. The van der Waals surface area contributed by atoms with E-state index in [-0.39, 0.29) is 12.1 Å². The van der Waals surface area contributed by atoms with E-state index < -0.39 is 12.0 Å². The number of urea groups is 1. The lowest BCUT2D eigenvalue weighted by Crippen LogP contribution is -2.51. The Morgan fingerprint density at radius 2 is 2.19 bits per heavy atom. The van der Waals surface area contributed by atoms with Gasteiger partial charge in [-0.25, -0.2) is 9.59 Å². The lowest BCUT2D eigenvalue weighted by atomic mass is 10.1. The van der Waals surface area contributed by atoms with Gasteiger partial charge in [-0.3, -0.25) is 4.90 Å². The third-order valence-corrected chi connectivity index (χ3v) is 4.40. The Bertz CT molecular complexity index is 535. The minimum Gasteiger partial charge on any atom is -0.480 e. The molecule has 0 aromatic heterocycles. The number of anilines is 1. The van der Waals surface area contributed by atoms with E-state index in [1.54, 1.807) is 17.8 Å². The van der Waals surface area contributed by atoms with E-state index in [0.29, 0.717) is 12.1 Å². The highest BCUT2D eigenvalue weighted by molar-refractivity contribution is 7.98. The maximum absolute atomic E-state index is 12.5. The van der Waals surface area contributed by atoms with E-state index >= 15 is 0 Å². The molecule has 1 heterocycles. The summed E-state index contributed by atoms with van der Waals surface area (Å²) in [5, 5.41) is 12.3. The molecule has 114 valence electrons. The highest BCUT2D eigenvalue weighted by Crippen LogP contribution is 2.32. The Labute approximate surface area is 128 Å². The van der Waals surface area contributed by atoms with Crippen LogP contribution in [-0.4, -0.2) is 41.2 Å². The Morgan fingerprint density at radius 3 is 2.81 bits per heavy atom. The van der Waals surface area contributed by atoms with Gasteiger partial charge in [-0.15, -0.1) is 0 Å². The molecule has 0 saturated heterocycles. The molecule has 2 atom stereocenters. The second kappa shape index (κ2) is 6.85. The largest absolute Gasteiger partial charge is 0.480 e. The standard InChI is InChI=1S/C15H20N2O3S/c1-3-11(9-21-2)16-15(20)17-12-7-5-4-6-10(12)8-13(17)14(18)19/h4-7,11,13H,3,8-9H2,1-2H3,(H,16,20)(H,18,19)/t11?,13-/m0/s1. The zero-order valence-electron chi connectivity index (χ0n) is 12.2. The van der Waals surface area contributed by atoms with E-state index in [9.17, 15) is 14.7 Å². The van der Waals surface area contributed by atoms with E-state index in [2.05, 4.69) is 5.32 Å². The van der Waals surface area contributed by atoms with Crippen molar-refractivity contribution < 1.29 is 14.7 Å². The smallest absolute Gasteiger partial charge is 0.327 e. The van der Waals surface area contributed by atoms with Crippen molar-refractivity contribution in [2.75, 3.05) is 16.9 Å². The van der Waals surface area contributed by atoms with Gasteiger partial charge in [0.15, 0.2) is 0 Å². The molecule has 1 aliphatic rings. The molecule has 2 rings (SSSR count). The molecule has 6 heteroatoms. The highest BCUT2D eigenvalue weighted by Gasteiger charge is 2.38. The van der Waals surface area contributed by atoms with Crippen molar-refractivity contribution in [3.05, 3.63) is 29.8 Å². The number of carbonyl (C=O) groups is 2. The zero-order chi connectivity index (χ0) is 15.4.